The molecule has 5 heteroatoms. The van der Waals surface area contributed by atoms with E-state index in [9.17, 15) is 4.79 Å². The fraction of sp³-hybridized carbons (Fsp3) is 0.467. The van der Waals surface area contributed by atoms with E-state index in [1.54, 1.807) is 7.11 Å². The number of methoxy groups -OCH3 is 1. The zero-order chi connectivity index (χ0) is 14.4. The van der Waals surface area contributed by atoms with Gasteiger partial charge in [0.15, 0.2) is 0 Å². The van der Waals surface area contributed by atoms with Gasteiger partial charge in [-0.2, -0.15) is 0 Å². The minimum atomic E-state index is -0.0188. The average molecular weight is 275 g/mol. The van der Waals surface area contributed by atoms with Crippen molar-refractivity contribution in [3.05, 3.63) is 24.3 Å². The van der Waals surface area contributed by atoms with E-state index in [1.807, 2.05) is 24.3 Å². The molecule has 1 amide bonds. The Morgan fingerprint density at radius 2 is 2.20 bits per heavy atom. The first-order chi connectivity index (χ1) is 9.76. The molecule has 0 atom stereocenters. The van der Waals surface area contributed by atoms with Gasteiger partial charge in [-0.05, 0) is 25.0 Å². The maximum absolute atomic E-state index is 11.9. The number of aromatic nitrogens is 2. The van der Waals surface area contributed by atoms with Crippen LogP contribution in [0.5, 0.6) is 0 Å². The predicted molar refractivity (Wildman–Crippen MR) is 79.8 cm³/mol. The van der Waals surface area contributed by atoms with Crippen molar-refractivity contribution in [2.24, 2.45) is 0 Å². The normalized spacial score (nSPS) is 10.9. The van der Waals surface area contributed by atoms with Crippen molar-refractivity contribution in [2.75, 3.05) is 19.0 Å². The van der Waals surface area contributed by atoms with Gasteiger partial charge in [0.2, 0.25) is 11.9 Å². The molecule has 0 fully saturated rings. The highest BCUT2D eigenvalue weighted by molar-refractivity contribution is 5.91. The number of rotatable bonds is 7. The molecule has 2 rings (SSSR count). The maximum atomic E-state index is 11.9. The number of hydrogen-bond donors (Lipinski definition) is 1. The highest BCUT2D eigenvalue weighted by atomic mass is 16.5. The molecule has 0 aliphatic carbocycles. The third kappa shape index (κ3) is 3.36. The first kappa shape index (κ1) is 14.5. The number of anilines is 1. The predicted octanol–water partition coefficient (Wildman–Crippen LogP) is 2.81. The molecule has 1 aromatic carbocycles. The van der Waals surface area contributed by atoms with E-state index < -0.39 is 0 Å². The van der Waals surface area contributed by atoms with Crippen LogP contribution in [-0.2, 0) is 16.1 Å². The highest BCUT2D eigenvalue weighted by Gasteiger charge is 2.12. The molecule has 0 radical (unpaired) electrons. The second kappa shape index (κ2) is 7.05. The zero-order valence-electron chi connectivity index (χ0n) is 12.1. The number of carbonyl (C=O) groups is 1. The van der Waals surface area contributed by atoms with Crippen molar-refractivity contribution in [3.8, 4) is 0 Å². The number of para-hydroxylation sites is 2. The Labute approximate surface area is 118 Å². The molecule has 0 saturated carbocycles. The fourth-order valence-electron chi connectivity index (χ4n) is 2.19. The molecule has 0 saturated heterocycles. The van der Waals surface area contributed by atoms with Crippen LogP contribution < -0.4 is 5.32 Å². The summed E-state index contributed by atoms with van der Waals surface area (Å²) >= 11 is 0. The summed E-state index contributed by atoms with van der Waals surface area (Å²) in [7, 11) is 1.64. The van der Waals surface area contributed by atoms with Gasteiger partial charge in [0.1, 0.15) is 0 Å². The van der Waals surface area contributed by atoms with E-state index >= 15 is 0 Å². The quantitative estimate of drug-likeness (QED) is 0.790. The molecule has 5 nitrogen and oxygen atoms in total. The van der Waals surface area contributed by atoms with E-state index in [-0.39, 0.29) is 5.91 Å². The number of ether oxygens (including phenoxy) is 1. The standard InChI is InChI=1S/C15H21N3O2/c1-3-10-18-13-8-5-4-7-12(13)16-15(18)17-14(19)9-6-11-20-2/h4-5,7-8H,3,6,9-11H2,1-2H3,(H,16,17,19). The summed E-state index contributed by atoms with van der Waals surface area (Å²) in [6, 6.07) is 7.93. The molecule has 20 heavy (non-hydrogen) atoms. The van der Waals surface area contributed by atoms with Crippen molar-refractivity contribution in [3.63, 3.8) is 0 Å². The Hall–Kier alpha value is -1.88. The van der Waals surface area contributed by atoms with Gasteiger partial charge in [0.25, 0.3) is 0 Å². The van der Waals surface area contributed by atoms with Crippen LogP contribution in [0.4, 0.5) is 5.95 Å². The molecular formula is C15H21N3O2. The topological polar surface area (TPSA) is 56.2 Å². The molecule has 0 aliphatic rings. The summed E-state index contributed by atoms with van der Waals surface area (Å²) in [5.74, 6) is 0.616. The van der Waals surface area contributed by atoms with Crippen LogP contribution in [0.3, 0.4) is 0 Å². The third-order valence-electron chi connectivity index (χ3n) is 3.11. The Kier molecular flexibility index (Phi) is 5.12. The van der Waals surface area contributed by atoms with Crippen LogP contribution in [0.1, 0.15) is 26.2 Å². The van der Waals surface area contributed by atoms with Crippen molar-refractivity contribution in [2.45, 2.75) is 32.7 Å². The molecule has 2 aromatic rings. The molecule has 1 N–H and O–H groups in total. The minimum absolute atomic E-state index is 0.0188. The highest BCUT2D eigenvalue weighted by Crippen LogP contribution is 2.20. The number of benzene rings is 1. The summed E-state index contributed by atoms with van der Waals surface area (Å²) < 4.78 is 7.01. The molecule has 1 heterocycles. The number of nitrogens with zero attached hydrogens (tertiary/aromatic N) is 2. The van der Waals surface area contributed by atoms with Crippen LogP contribution in [0, 0.1) is 0 Å². The van der Waals surface area contributed by atoms with E-state index in [2.05, 4.69) is 21.8 Å². The molecular weight excluding hydrogens is 254 g/mol. The first-order valence-corrected chi connectivity index (χ1v) is 7.00. The lowest BCUT2D eigenvalue weighted by atomic mass is 10.3. The molecule has 0 bridgehead atoms. The fourth-order valence-corrected chi connectivity index (χ4v) is 2.19. The number of hydrogen-bond acceptors (Lipinski definition) is 3. The zero-order valence-corrected chi connectivity index (χ0v) is 12.1. The van der Waals surface area contributed by atoms with Gasteiger partial charge in [0.05, 0.1) is 11.0 Å². The van der Waals surface area contributed by atoms with E-state index in [4.69, 9.17) is 4.74 Å². The number of aryl methyl sites for hydroxylation is 1. The van der Waals surface area contributed by atoms with Gasteiger partial charge in [-0.1, -0.05) is 19.1 Å². The SMILES string of the molecule is CCCn1c(NC(=O)CCCOC)nc2ccccc21. The molecule has 0 aliphatic heterocycles. The summed E-state index contributed by atoms with van der Waals surface area (Å²) in [4.78, 5) is 16.4. The van der Waals surface area contributed by atoms with Crippen LogP contribution in [0.2, 0.25) is 0 Å². The Morgan fingerprint density at radius 3 is 2.95 bits per heavy atom. The number of fused-ring (bicyclic) bond motifs is 1. The Morgan fingerprint density at radius 1 is 1.40 bits per heavy atom. The van der Waals surface area contributed by atoms with E-state index in [0.29, 0.717) is 19.0 Å². The van der Waals surface area contributed by atoms with Crippen molar-refractivity contribution >= 4 is 22.9 Å². The Bertz CT molecular complexity index is 578. The molecule has 0 unspecified atom stereocenters. The monoisotopic (exact) mass is 275 g/mol. The van der Waals surface area contributed by atoms with Crippen LogP contribution in [0.25, 0.3) is 11.0 Å². The van der Waals surface area contributed by atoms with Crippen LogP contribution in [0.15, 0.2) is 24.3 Å². The summed E-state index contributed by atoms with van der Waals surface area (Å²) in [6.07, 6.45) is 2.16. The number of nitrogens with one attached hydrogen (secondary N) is 1. The average Bonchev–Trinajstić information content (AvgIpc) is 2.78. The van der Waals surface area contributed by atoms with E-state index in [0.717, 1.165) is 30.4 Å². The smallest absolute Gasteiger partial charge is 0.226 e. The van der Waals surface area contributed by atoms with Gasteiger partial charge in [-0.15, -0.1) is 0 Å². The van der Waals surface area contributed by atoms with E-state index in [1.165, 1.54) is 0 Å². The maximum Gasteiger partial charge on any atom is 0.226 e. The van der Waals surface area contributed by atoms with Crippen molar-refractivity contribution in [1.82, 2.24) is 9.55 Å². The second-order valence-corrected chi connectivity index (χ2v) is 4.72. The largest absolute Gasteiger partial charge is 0.385 e. The third-order valence-corrected chi connectivity index (χ3v) is 3.11. The Balaban J connectivity index is 2.16. The number of imidazole rings is 1. The molecule has 108 valence electrons. The number of amides is 1. The van der Waals surface area contributed by atoms with Crippen LogP contribution in [-0.4, -0.2) is 29.2 Å². The molecule has 1 aromatic heterocycles. The summed E-state index contributed by atoms with van der Waals surface area (Å²) in [5, 5.41) is 2.90. The lowest BCUT2D eigenvalue weighted by molar-refractivity contribution is -0.116. The van der Waals surface area contributed by atoms with Gasteiger partial charge >= 0.3 is 0 Å². The van der Waals surface area contributed by atoms with Crippen LogP contribution >= 0.6 is 0 Å². The van der Waals surface area contributed by atoms with Crippen molar-refractivity contribution in [1.29, 1.82) is 0 Å². The number of carbonyl (C=O) groups excluding carboxylic acids is 1. The lowest BCUT2D eigenvalue weighted by Crippen LogP contribution is -2.16. The lowest BCUT2D eigenvalue weighted by Gasteiger charge is -2.08. The first-order valence-electron chi connectivity index (χ1n) is 7.00. The van der Waals surface area contributed by atoms with Gasteiger partial charge in [-0.3, -0.25) is 10.1 Å². The minimum Gasteiger partial charge on any atom is -0.385 e. The van der Waals surface area contributed by atoms with Gasteiger partial charge < -0.3 is 9.30 Å². The van der Waals surface area contributed by atoms with Crippen molar-refractivity contribution < 1.29 is 9.53 Å². The summed E-state index contributed by atoms with van der Waals surface area (Å²) in [5.41, 5.74) is 1.97. The van der Waals surface area contributed by atoms with Gasteiger partial charge in [0, 0.05) is 26.7 Å². The second-order valence-electron chi connectivity index (χ2n) is 4.72. The van der Waals surface area contributed by atoms with Gasteiger partial charge in [-0.25, -0.2) is 4.98 Å². The summed E-state index contributed by atoms with van der Waals surface area (Å²) in [6.45, 7) is 3.55. The molecule has 0 spiro atoms.